The number of aromatic hydroxyl groups is 1. The van der Waals surface area contributed by atoms with Gasteiger partial charge < -0.3 is 5.11 Å². The molecule has 2 aromatic heterocycles. The zero-order chi connectivity index (χ0) is 18.2. The second-order valence-electron chi connectivity index (χ2n) is 6.81. The van der Waals surface area contributed by atoms with Crippen LogP contribution in [0.4, 0.5) is 0 Å². The van der Waals surface area contributed by atoms with Crippen molar-refractivity contribution in [3.05, 3.63) is 76.9 Å². The van der Waals surface area contributed by atoms with Crippen molar-refractivity contribution in [2.75, 3.05) is 0 Å². The average molecular weight is 391 g/mol. The fourth-order valence-corrected chi connectivity index (χ4v) is 6.06. The minimum Gasteiger partial charge on any atom is -0.508 e. The van der Waals surface area contributed by atoms with Crippen LogP contribution in [0.5, 0.6) is 5.75 Å². The van der Waals surface area contributed by atoms with Crippen LogP contribution in [-0.2, 0) is 12.8 Å². The maximum absolute atomic E-state index is 9.54. The molecular formula is C22H18N2OS2. The molecule has 3 nitrogen and oxygen atoms in total. The Kier molecular flexibility index (Phi) is 4.34. The first kappa shape index (κ1) is 16.8. The molecule has 1 aliphatic rings. The maximum Gasteiger partial charge on any atom is 0.128 e. The first-order valence-electron chi connectivity index (χ1n) is 9.05. The largest absolute Gasteiger partial charge is 0.508 e. The molecule has 0 bridgehead atoms. The van der Waals surface area contributed by atoms with Gasteiger partial charge in [0, 0.05) is 15.2 Å². The first-order valence-corrected chi connectivity index (χ1v) is 10.7. The third-order valence-corrected chi connectivity index (χ3v) is 7.31. The summed E-state index contributed by atoms with van der Waals surface area (Å²) in [5, 5.41) is 11.9. The smallest absolute Gasteiger partial charge is 0.128 e. The number of phenolic OH excluding ortho intramolecular Hbond substituents is 1. The van der Waals surface area contributed by atoms with Gasteiger partial charge in [0.15, 0.2) is 0 Å². The van der Waals surface area contributed by atoms with Crippen LogP contribution < -0.4 is 0 Å². The number of benzene rings is 2. The van der Waals surface area contributed by atoms with E-state index in [0.717, 1.165) is 29.1 Å². The fourth-order valence-electron chi connectivity index (χ4n) is 3.79. The first-order chi connectivity index (χ1) is 13.3. The lowest BCUT2D eigenvalue weighted by molar-refractivity contribution is 0.474. The molecule has 134 valence electrons. The van der Waals surface area contributed by atoms with Crippen molar-refractivity contribution in [2.45, 2.75) is 35.1 Å². The zero-order valence-electron chi connectivity index (χ0n) is 14.6. The minimum atomic E-state index is 0.329. The van der Waals surface area contributed by atoms with Crippen molar-refractivity contribution in [3.63, 3.8) is 0 Å². The van der Waals surface area contributed by atoms with E-state index in [1.165, 1.54) is 26.3 Å². The molecule has 5 rings (SSSR count). The predicted octanol–water partition coefficient (Wildman–Crippen LogP) is 5.82. The number of rotatable bonds is 3. The molecule has 1 aliphatic carbocycles. The SMILES string of the molecule is Oc1ccc(C2CCc3c(sc4ncnc(Sc5ccccc5)c34)C2)cc1. The molecule has 0 saturated carbocycles. The summed E-state index contributed by atoms with van der Waals surface area (Å²) in [7, 11) is 0. The number of hydrogen-bond donors (Lipinski definition) is 1. The van der Waals surface area contributed by atoms with Gasteiger partial charge in [-0.15, -0.1) is 11.3 Å². The Labute approximate surface area is 166 Å². The Balaban J connectivity index is 1.51. The van der Waals surface area contributed by atoms with Crippen molar-refractivity contribution in [2.24, 2.45) is 0 Å². The molecule has 0 radical (unpaired) electrons. The Bertz CT molecular complexity index is 1090. The number of fused-ring (bicyclic) bond motifs is 3. The Hall–Kier alpha value is -2.37. The third kappa shape index (κ3) is 3.22. The third-order valence-electron chi connectivity index (χ3n) is 5.13. The van der Waals surface area contributed by atoms with Crippen LogP contribution in [0.2, 0.25) is 0 Å². The summed E-state index contributed by atoms with van der Waals surface area (Å²) >= 11 is 3.53. The highest BCUT2D eigenvalue weighted by Crippen LogP contribution is 2.44. The van der Waals surface area contributed by atoms with Gasteiger partial charge in [0.2, 0.25) is 0 Å². The second-order valence-corrected chi connectivity index (χ2v) is 8.95. The van der Waals surface area contributed by atoms with E-state index in [0.29, 0.717) is 11.7 Å². The van der Waals surface area contributed by atoms with Crippen LogP contribution in [0, 0.1) is 0 Å². The highest BCUT2D eigenvalue weighted by atomic mass is 32.2. The van der Waals surface area contributed by atoms with Gasteiger partial charge in [-0.3, -0.25) is 0 Å². The van der Waals surface area contributed by atoms with E-state index in [4.69, 9.17) is 0 Å². The number of hydrogen-bond acceptors (Lipinski definition) is 5. The fraction of sp³-hybridized carbons (Fsp3) is 0.182. The summed E-state index contributed by atoms with van der Waals surface area (Å²) in [4.78, 5) is 12.9. The van der Waals surface area contributed by atoms with E-state index in [1.807, 2.05) is 17.4 Å². The van der Waals surface area contributed by atoms with Gasteiger partial charge in [0.05, 0.1) is 0 Å². The van der Waals surface area contributed by atoms with Gasteiger partial charge in [-0.05, 0) is 60.6 Å². The molecule has 1 unspecified atom stereocenters. The molecule has 0 spiro atoms. The summed E-state index contributed by atoms with van der Waals surface area (Å²) < 4.78 is 0. The van der Waals surface area contributed by atoms with E-state index in [9.17, 15) is 5.11 Å². The van der Waals surface area contributed by atoms with E-state index >= 15 is 0 Å². The van der Waals surface area contributed by atoms with Gasteiger partial charge >= 0.3 is 0 Å². The Morgan fingerprint density at radius 3 is 2.63 bits per heavy atom. The highest BCUT2D eigenvalue weighted by Gasteiger charge is 2.26. The summed E-state index contributed by atoms with van der Waals surface area (Å²) in [6.45, 7) is 0. The summed E-state index contributed by atoms with van der Waals surface area (Å²) in [5.74, 6) is 0.833. The lowest BCUT2D eigenvalue weighted by Gasteiger charge is -2.22. The maximum atomic E-state index is 9.54. The number of nitrogens with zero attached hydrogens (tertiary/aromatic N) is 2. The standard InChI is InChI=1S/C22H18N2OS2/c25-16-9-6-14(7-10-16)15-8-11-18-19(12-15)27-22-20(18)21(23-13-24-22)26-17-4-2-1-3-5-17/h1-7,9-10,13,15,25H,8,11-12H2. The quantitative estimate of drug-likeness (QED) is 0.448. The molecule has 0 fully saturated rings. The van der Waals surface area contributed by atoms with Gasteiger partial charge in [-0.2, -0.15) is 0 Å². The minimum absolute atomic E-state index is 0.329. The molecule has 0 saturated heterocycles. The number of aromatic nitrogens is 2. The summed E-state index contributed by atoms with van der Waals surface area (Å²) in [6.07, 6.45) is 4.90. The molecule has 0 amide bonds. The van der Waals surface area contributed by atoms with Crippen molar-refractivity contribution in [1.82, 2.24) is 9.97 Å². The number of thiophene rings is 1. The topological polar surface area (TPSA) is 46.0 Å². The molecule has 2 heterocycles. The highest BCUT2D eigenvalue weighted by molar-refractivity contribution is 7.99. The van der Waals surface area contributed by atoms with Crippen molar-refractivity contribution in [1.29, 1.82) is 0 Å². The molecule has 4 aromatic rings. The predicted molar refractivity (Wildman–Crippen MR) is 111 cm³/mol. The lowest BCUT2D eigenvalue weighted by atomic mass is 9.83. The lowest BCUT2D eigenvalue weighted by Crippen LogP contribution is -2.10. The summed E-state index contributed by atoms with van der Waals surface area (Å²) in [6, 6.07) is 18.1. The van der Waals surface area contributed by atoms with Crippen molar-refractivity contribution in [3.8, 4) is 5.75 Å². The van der Waals surface area contributed by atoms with Crippen LogP contribution in [0.1, 0.15) is 28.3 Å². The Morgan fingerprint density at radius 2 is 1.81 bits per heavy atom. The van der Waals surface area contributed by atoms with Crippen LogP contribution in [0.15, 0.2) is 70.8 Å². The Morgan fingerprint density at radius 1 is 1.00 bits per heavy atom. The van der Waals surface area contributed by atoms with Crippen molar-refractivity contribution >= 4 is 33.3 Å². The van der Waals surface area contributed by atoms with Gasteiger partial charge in [-0.1, -0.05) is 42.1 Å². The second kappa shape index (κ2) is 6.98. The average Bonchev–Trinajstić information content (AvgIpc) is 3.08. The van der Waals surface area contributed by atoms with Crippen LogP contribution in [0.3, 0.4) is 0 Å². The normalized spacial score (nSPS) is 16.4. The van der Waals surface area contributed by atoms with E-state index < -0.39 is 0 Å². The van der Waals surface area contributed by atoms with Crippen LogP contribution in [0.25, 0.3) is 10.2 Å². The molecule has 5 heteroatoms. The van der Waals surface area contributed by atoms with E-state index in [2.05, 4.69) is 46.4 Å². The van der Waals surface area contributed by atoms with Gasteiger partial charge in [0.25, 0.3) is 0 Å². The van der Waals surface area contributed by atoms with Crippen LogP contribution >= 0.6 is 23.1 Å². The zero-order valence-corrected chi connectivity index (χ0v) is 16.3. The van der Waals surface area contributed by atoms with Crippen molar-refractivity contribution < 1.29 is 5.11 Å². The number of phenols is 1. The molecule has 1 atom stereocenters. The summed E-state index contributed by atoms with van der Waals surface area (Å²) in [5.41, 5.74) is 2.74. The molecule has 0 aliphatic heterocycles. The van der Waals surface area contributed by atoms with Crippen LogP contribution in [-0.4, -0.2) is 15.1 Å². The monoisotopic (exact) mass is 390 g/mol. The van der Waals surface area contributed by atoms with E-state index in [-0.39, 0.29) is 0 Å². The molecular weight excluding hydrogens is 372 g/mol. The van der Waals surface area contributed by atoms with Gasteiger partial charge in [0.1, 0.15) is 21.9 Å². The molecule has 1 N–H and O–H groups in total. The molecule has 27 heavy (non-hydrogen) atoms. The van der Waals surface area contributed by atoms with Gasteiger partial charge in [-0.25, -0.2) is 9.97 Å². The molecule has 2 aromatic carbocycles. The number of aryl methyl sites for hydroxylation is 1. The van der Waals surface area contributed by atoms with E-state index in [1.54, 1.807) is 30.2 Å².